The Morgan fingerprint density at radius 2 is 1.89 bits per heavy atom. The average Bonchev–Trinajstić information content (AvgIpc) is 2.62. The van der Waals surface area contributed by atoms with Gasteiger partial charge in [0.15, 0.2) is 11.5 Å². The van der Waals surface area contributed by atoms with Crippen LogP contribution in [0.4, 0.5) is 5.69 Å². The lowest BCUT2D eigenvalue weighted by Crippen LogP contribution is -2.42. The molecule has 0 saturated heterocycles. The molecule has 2 heterocycles. The van der Waals surface area contributed by atoms with E-state index >= 15 is 0 Å². The highest BCUT2D eigenvalue weighted by Crippen LogP contribution is 2.25. The number of aryl methyl sites for hydroxylation is 1. The summed E-state index contributed by atoms with van der Waals surface area (Å²) in [6.45, 7) is 0.659. The van der Waals surface area contributed by atoms with Crippen LogP contribution in [0, 0.1) is 6.92 Å². The number of aromatic amines is 1. The monoisotopic (exact) mass is 377 g/mol. The molecule has 2 aliphatic rings. The van der Waals surface area contributed by atoms with Crippen molar-refractivity contribution in [3.8, 4) is 11.5 Å². The van der Waals surface area contributed by atoms with Gasteiger partial charge in [-0.3, -0.25) is 9.78 Å². The van der Waals surface area contributed by atoms with E-state index < -0.39 is 36.2 Å². The van der Waals surface area contributed by atoms with Crippen LogP contribution in [0.25, 0.3) is 22.6 Å². The fraction of sp³-hybridized carbons (Fsp3) is 0.375. The van der Waals surface area contributed by atoms with Gasteiger partial charge in [-0.05, 0) is 24.6 Å². The molecule has 1 aromatic carbocycles. The molecule has 0 aromatic heterocycles. The zero-order valence-electron chi connectivity index (χ0n) is 14.3. The summed E-state index contributed by atoms with van der Waals surface area (Å²) in [5, 5.41) is 38.7. The van der Waals surface area contributed by atoms with Crippen molar-refractivity contribution in [3.63, 3.8) is 0 Å². The van der Waals surface area contributed by atoms with Gasteiger partial charge in [0.25, 0.3) is 5.56 Å². The zero-order chi connectivity index (χ0) is 19.9. The highest BCUT2D eigenvalue weighted by Gasteiger charge is 2.27. The van der Waals surface area contributed by atoms with E-state index in [0.29, 0.717) is 22.3 Å². The molecular formula is C16H19N5O6. The molecule has 0 amide bonds. The number of hydrogen-bond acceptors (Lipinski definition) is 9. The molecule has 0 saturated carbocycles. The molecule has 3 rings (SSSR count). The van der Waals surface area contributed by atoms with Crippen LogP contribution in [0.5, 0.6) is 0 Å². The number of nitrogen functional groups attached to an aromatic ring is 1. The summed E-state index contributed by atoms with van der Waals surface area (Å²) >= 11 is 0. The van der Waals surface area contributed by atoms with Gasteiger partial charge in [0.1, 0.15) is 18.3 Å². The first-order chi connectivity index (χ1) is 12.7. The molecule has 0 fully saturated rings. The maximum Gasteiger partial charge on any atom is 0.349 e. The second kappa shape index (κ2) is 7.04. The maximum absolute atomic E-state index is 12.1. The van der Waals surface area contributed by atoms with Gasteiger partial charge < -0.3 is 30.7 Å². The SMILES string of the molecule is Cc1cc2nc3c(=O)[nH]c(=O)nc-3n(C[C@@H](O)[C@H](O)[C@H](O)CO)c2cc1N. The van der Waals surface area contributed by atoms with E-state index in [4.69, 9.17) is 10.8 Å². The van der Waals surface area contributed by atoms with Gasteiger partial charge in [0.2, 0.25) is 0 Å². The van der Waals surface area contributed by atoms with Crippen molar-refractivity contribution in [2.45, 2.75) is 31.8 Å². The van der Waals surface area contributed by atoms with Crippen molar-refractivity contribution in [2.75, 3.05) is 12.3 Å². The first-order valence-electron chi connectivity index (χ1n) is 8.08. The highest BCUT2D eigenvalue weighted by atomic mass is 16.4. The van der Waals surface area contributed by atoms with Crippen molar-refractivity contribution in [1.29, 1.82) is 0 Å². The molecule has 0 radical (unpaired) electrons. The van der Waals surface area contributed by atoms with E-state index in [-0.39, 0.29) is 18.1 Å². The Morgan fingerprint density at radius 1 is 1.19 bits per heavy atom. The van der Waals surface area contributed by atoms with Crippen LogP contribution in [0.2, 0.25) is 0 Å². The fourth-order valence-corrected chi connectivity index (χ4v) is 2.81. The van der Waals surface area contributed by atoms with E-state index in [2.05, 4.69) is 9.97 Å². The summed E-state index contributed by atoms with van der Waals surface area (Å²) in [5.74, 6) is -0.107. The Labute approximate surface area is 151 Å². The van der Waals surface area contributed by atoms with Crippen LogP contribution in [0.3, 0.4) is 0 Å². The first-order valence-corrected chi connectivity index (χ1v) is 8.08. The molecule has 7 N–H and O–H groups in total. The molecule has 0 bridgehead atoms. The summed E-state index contributed by atoms with van der Waals surface area (Å²) in [4.78, 5) is 33.8. The van der Waals surface area contributed by atoms with Crippen molar-refractivity contribution < 1.29 is 20.4 Å². The Hall–Kier alpha value is -2.86. The molecule has 0 aliphatic carbocycles. The van der Waals surface area contributed by atoms with E-state index in [0.717, 1.165) is 0 Å². The molecule has 11 nitrogen and oxygen atoms in total. The van der Waals surface area contributed by atoms with Gasteiger partial charge in [0.05, 0.1) is 24.2 Å². The van der Waals surface area contributed by atoms with Crippen LogP contribution in [-0.4, -0.2) is 64.9 Å². The van der Waals surface area contributed by atoms with Crippen molar-refractivity contribution in [1.82, 2.24) is 19.5 Å². The number of benzene rings is 1. The Balaban J connectivity index is 2.28. The quantitative estimate of drug-likeness (QED) is 0.207. The Bertz CT molecular complexity index is 1080. The van der Waals surface area contributed by atoms with E-state index in [1.54, 1.807) is 19.1 Å². The Morgan fingerprint density at radius 3 is 2.56 bits per heavy atom. The second-order valence-corrected chi connectivity index (χ2v) is 6.27. The smallest absolute Gasteiger partial charge is 0.349 e. The van der Waals surface area contributed by atoms with E-state index in [9.17, 15) is 24.9 Å². The second-order valence-electron chi connectivity index (χ2n) is 6.27. The van der Waals surface area contributed by atoms with Gasteiger partial charge in [-0.25, -0.2) is 9.78 Å². The summed E-state index contributed by atoms with van der Waals surface area (Å²) in [5.41, 5.74) is 6.02. The number of nitrogens with one attached hydrogen (secondary N) is 1. The number of fused-ring (bicyclic) bond motifs is 2. The number of aliphatic hydroxyl groups excluding tert-OH is 4. The molecule has 3 atom stereocenters. The lowest BCUT2D eigenvalue weighted by molar-refractivity contribution is -0.0802. The molecule has 27 heavy (non-hydrogen) atoms. The number of hydrogen-bond donors (Lipinski definition) is 6. The highest BCUT2D eigenvalue weighted by molar-refractivity contribution is 5.83. The zero-order valence-corrected chi connectivity index (χ0v) is 14.3. The normalized spacial score (nSPS) is 15.1. The van der Waals surface area contributed by atoms with Gasteiger partial charge in [-0.1, -0.05) is 0 Å². The van der Waals surface area contributed by atoms with Crippen LogP contribution in [0.1, 0.15) is 5.56 Å². The van der Waals surface area contributed by atoms with Crippen molar-refractivity contribution in [3.05, 3.63) is 38.5 Å². The van der Waals surface area contributed by atoms with Crippen LogP contribution in [-0.2, 0) is 6.54 Å². The predicted octanol–water partition coefficient (Wildman–Crippen LogP) is -2.45. The fourth-order valence-electron chi connectivity index (χ4n) is 2.81. The molecular weight excluding hydrogens is 358 g/mol. The molecule has 2 aliphatic heterocycles. The number of H-pyrrole nitrogens is 1. The summed E-state index contributed by atoms with van der Waals surface area (Å²) in [7, 11) is 0. The maximum atomic E-state index is 12.1. The molecule has 11 heteroatoms. The third kappa shape index (κ3) is 3.40. The molecule has 0 unspecified atom stereocenters. The lowest BCUT2D eigenvalue weighted by Gasteiger charge is -2.25. The molecule has 144 valence electrons. The van der Waals surface area contributed by atoms with Crippen LogP contribution >= 0.6 is 0 Å². The minimum Gasteiger partial charge on any atom is -0.398 e. The first kappa shape index (κ1) is 18.9. The number of nitrogens with zero attached hydrogens (tertiary/aromatic N) is 3. The number of nitrogens with two attached hydrogens (primary N) is 1. The Kier molecular flexibility index (Phi) is 4.93. The number of aromatic nitrogens is 4. The summed E-state index contributed by atoms with van der Waals surface area (Å²) in [6.07, 6.45) is -4.78. The summed E-state index contributed by atoms with van der Waals surface area (Å²) in [6, 6.07) is 3.18. The minimum atomic E-state index is -1.67. The van der Waals surface area contributed by atoms with Crippen molar-refractivity contribution >= 4 is 16.7 Å². The standard InChI is InChI=1S/C16H19N5O6/c1-6-2-8-9(3-7(6)17)21(4-10(23)13(25)11(24)5-22)14-12(18-8)15(26)20-16(27)19-14/h2-3,10-11,13,22-25H,4-5,17H2,1H3,(H,20,26,27)/t10-,11-,13+/m1/s1. The topological polar surface area (TPSA) is 188 Å². The molecule has 0 spiro atoms. The van der Waals surface area contributed by atoms with E-state index in [1.165, 1.54) is 4.57 Å². The van der Waals surface area contributed by atoms with E-state index in [1.807, 2.05) is 4.98 Å². The van der Waals surface area contributed by atoms with Gasteiger partial charge in [-0.2, -0.15) is 4.98 Å². The third-order valence-corrected chi connectivity index (χ3v) is 4.34. The van der Waals surface area contributed by atoms with Gasteiger partial charge in [0, 0.05) is 5.69 Å². The van der Waals surface area contributed by atoms with Gasteiger partial charge in [-0.15, -0.1) is 0 Å². The largest absolute Gasteiger partial charge is 0.398 e. The average molecular weight is 377 g/mol. The molecule has 1 aromatic rings. The van der Waals surface area contributed by atoms with Gasteiger partial charge >= 0.3 is 5.69 Å². The number of anilines is 1. The predicted molar refractivity (Wildman–Crippen MR) is 95.3 cm³/mol. The minimum absolute atomic E-state index is 0.107. The third-order valence-electron chi connectivity index (χ3n) is 4.34. The number of rotatable bonds is 5. The number of aliphatic hydroxyl groups is 4. The summed E-state index contributed by atoms with van der Waals surface area (Å²) < 4.78 is 1.32. The van der Waals surface area contributed by atoms with Crippen LogP contribution < -0.4 is 17.0 Å². The lowest BCUT2D eigenvalue weighted by atomic mass is 10.1. The van der Waals surface area contributed by atoms with Crippen LogP contribution in [0.15, 0.2) is 21.7 Å². The van der Waals surface area contributed by atoms with Crippen molar-refractivity contribution in [2.24, 2.45) is 0 Å².